The topological polar surface area (TPSA) is 83.5 Å². The van der Waals surface area contributed by atoms with E-state index in [4.69, 9.17) is 0 Å². The maximum absolute atomic E-state index is 9.64. The van der Waals surface area contributed by atoms with Gasteiger partial charge in [0.2, 0.25) is 5.88 Å². The molecular weight excluding hydrogens is 208 g/mol. The fourth-order valence-corrected chi connectivity index (χ4v) is 1.67. The van der Waals surface area contributed by atoms with Gasteiger partial charge >= 0.3 is 0 Å². The predicted octanol–water partition coefficient (Wildman–Crippen LogP) is 0.997. The van der Waals surface area contributed by atoms with Gasteiger partial charge in [-0.25, -0.2) is 4.98 Å². The SMILES string of the molecule is Cc1cc2ncc3c(O)cc(O)nc3n2n1. The van der Waals surface area contributed by atoms with Crippen molar-refractivity contribution in [2.24, 2.45) is 0 Å². The van der Waals surface area contributed by atoms with Crippen molar-refractivity contribution in [3.8, 4) is 11.6 Å². The van der Waals surface area contributed by atoms with Crippen LogP contribution in [0.5, 0.6) is 11.6 Å². The maximum Gasteiger partial charge on any atom is 0.216 e. The first kappa shape index (κ1) is 8.90. The third-order valence-electron chi connectivity index (χ3n) is 2.34. The molecule has 0 aliphatic heterocycles. The molecule has 3 aromatic rings. The van der Waals surface area contributed by atoms with E-state index in [1.54, 1.807) is 6.07 Å². The van der Waals surface area contributed by atoms with Gasteiger partial charge in [-0.2, -0.15) is 14.6 Å². The highest BCUT2D eigenvalue weighted by molar-refractivity contribution is 5.83. The van der Waals surface area contributed by atoms with E-state index < -0.39 is 0 Å². The first-order valence-electron chi connectivity index (χ1n) is 4.69. The number of pyridine rings is 1. The molecule has 6 nitrogen and oxygen atoms in total. The lowest BCUT2D eigenvalue weighted by Crippen LogP contribution is -1.95. The highest BCUT2D eigenvalue weighted by Crippen LogP contribution is 2.26. The Labute approximate surface area is 89.8 Å². The van der Waals surface area contributed by atoms with Gasteiger partial charge in [0.25, 0.3) is 0 Å². The number of hydrogen-bond acceptors (Lipinski definition) is 5. The van der Waals surface area contributed by atoms with Crippen LogP contribution in [0.25, 0.3) is 16.7 Å². The molecule has 0 aromatic carbocycles. The van der Waals surface area contributed by atoms with Crippen LogP contribution in [-0.4, -0.2) is 29.8 Å². The van der Waals surface area contributed by atoms with Crippen molar-refractivity contribution in [3.63, 3.8) is 0 Å². The second-order valence-corrected chi connectivity index (χ2v) is 3.55. The summed E-state index contributed by atoms with van der Waals surface area (Å²) < 4.78 is 1.49. The lowest BCUT2D eigenvalue weighted by molar-refractivity contribution is 0.439. The Balaban J connectivity index is 2.58. The van der Waals surface area contributed by atoms with E-state index in [0.717, 1.165) is 5.69 Å². The van der Waals surface area contributed by atoms with Crippen LogP contribution in [0.3, 0.4) is 0 Å². The lowest BCUT2D eigenvalue weighted by Gasteiger charge is -2.02. The van der Waals surface area contributed by atoms with Crippen LogP contribution in [0.1, 0.15) is 5.69 Å². The maximum atomic E-state index is 9.64. The van der Waals surface area contributed by atoms with Gasteiger partial charge in [0.05, 0.1) is 11.1 Å². The summed E-state index contributed by atoms with van der Waals surface area (Å²) in [6.07, 6.45) is 1.51. The fourth-order valence-electron chi connectivity index (χ4n) is 1.67. The molecule has 0 saturated carbocycles. The Morgan fingerprint density at radius 1 is 1.25 bits per heavy atom. The summed E-state index contributed by atoms with van der Waals surface area (Å²) in [6.45, 7) is 1.84. The van der Waals surface area contributed by atoms with Gasteiger partial charge in [-0.1, -0.05) is 0 Å². The van der Waals surface area contributed by atoms with Crippen molar-refractivity contribution in [2.75, 3.05) is 0 Å². The van der Waals surface area contributed by atoms with Gasteiger partial charge in [0.15, 0.2) is 11.3 Å². The number of hydrogen-bond donors (Lipinski definition) is 2. The third-order valence-corrected chi connectivity index (χ3v) is 2.34. The number of rotatable bonds is 0. The normalized spacial score (nSPS) is 11.3. The van der Waals surface area contributed by atoms with Crippen molar-refractivity contribution in [3.05, 3.63) is 24.0 Å². The Morgan fingerprint density at radius 3 is 2.88 bits per heavy atom. The molecule has 0 bridgehead atoms. The Kier molecular flexibility index (Phi) is 1.57. The molecule has 3 aromatic heterocycles. The van der Waals surface area contributed by atoms with E-state index in [1.807, 2.05) is 6.92 Å². The van der Waals surface area contributed by atoms with Crippen molar-refractivity contribution >= 4 is 16.7 Å². The van der Waals surface area contributed by atoms with Crippen LogP contribution in [-0.2, 0) is 0 Å². The molecule has 0 amide bonds. The molecule has 0 unspecified atom stereocenters. The molecule has 0 saturated heterocycles. The molecule has 3 rings (SSSR count). The quantitative estimate of drug-likeness (QED) is 0.585. The first-order valence-corrected chi connectivity index (χ1v) is 4.69. The highest BCUT2D eigenvalue weighted by Gasteiger charge is 2.10. The van der Waals surface area contributed by atoms with Crippen molar-refractivity contribution in [1.82, 2.24) is 19.6 Å². The summed E-state index contributed by atoms with van der Waals surface area (Å²) >= 11 is 0. The standard InChI is InChI=1S/C10H8N4O2/c1-5-2-8-11-4-6-7(15)3-9(16)12-10(6)14(8)13-5/h2-4H,1H3,(H2,12,15,16). The van der Waals surface area contributed by atoms with Gasteiger partial charge in [-0.15, -0.1) is 0 Å². The number of aryl methyl sites for hydroxylation is 1. The van der Waals surface area contributed by atoms with E-state index in [9.17, 15) is 10.2 Å². The van der Waals surface area contributed by atoms with Gasteiger partial charge in [0.1, 0.15) is 5.75 Å². The molecule has 6 heteroatoms. The van der Waals surface area contributed by atoms with Crippen LogP contribution in [0.4, 0.5) is 0 Å². The summed E-state index contributed by atoms with van der Waals surface area (Å²) in [5.74, 6) is -0.310. The van der Waals surface area contributed by atoms with E-state index >= 15 is 0 Å². The van der Waals surface area contributed by atoms with Gasteiger partial charge in [-0.05, 0) is 6.92 Å². The minimum Gasteiger partial charge on any atom is -0.507 e. The van der Waals surface area contributed by atoms with Crippen molar-refractivity contribution in [2.45, 2.75) is 6.92 Å². The average Bonchev–Trinajstić information content (AvgIpc) is 2.58. The van der Waals surface area contributed by atoms with Gasteiger partial charge in [0, 0.05) is 18.3 Å². The number of aromatic hydroxyl groups is 2. The summed E-state index contributed by atoms with van der Waals surface area (Å²) in [5.41, 5.74) is 1.81. The minimum atomic E-state index is -0.245. The molecule has 16 heavy (non-hydrogen) atoms. The first-order chi connectivity index (χ1) is 7.65. The van der Waals surface area contributed by atoms with E-state index in [-0.39, 0.29) is 11.6 Å². The van der Waals surface area contributed by atoms with E-state index in [0.29, 0.717) is 16.7 Å². The van der Waals surface area contributed by atoms with Crippen molar-refractivity contribution < 1.29 is 10.2 Å². The Bertz CT molecular complexity index is 705. The molecule has 0 aliphatic rings. The van der Waals surface area contributed by atoms with Gasteiger partial charge < -0.3 is 10.2 Å². The third kappa shape index (κ3) is 1.10. The lowest BCUT2D eigenvalue weighted by atomic mass is 10.3. The Hall–Kier alpha value is -2.37. The van der Waals surface area contributed by atoms with Crippen molar-refractivity contribution in [1.29, 1.82) is 0 Å². The predicted molar refractivity (Wildman–Crippen MR) is 56.4 cm³/mol. The zero-order valence-corrected chi connectivity index (χ0v) is 8.42. The molecular formula is C10H8N4O2. The number of aromatic nitrogens is 4. The van der Waals surface area contributed by atoms with E-state index in [1.165, 1.54) is 16.8 Å². The van der Waals surface area contributed by atoms with Crippen LogP contribution in [0.2, 0.25) is 0 Å². The molecule has 0 atom stereocenters. The zero-order valence-electron chi connectivity index (χ0n) is 8.42. The zero-order chi connectivity index (χ0) is 11.3. The summed E-state index contributed by atoms with van der Waals surface area (Å²) in [4.78, 5) is 8.07. The summed E-state index contributed by atoms with van der Waals surface area (Å²) in [6, 6.07) is 2.97. The number of fused-ring (bicyclic) bond motifs is 3. The largest absolute Gasteiger partial charge is 0.507 e. The smallest absolute Gasteiger partial charge is 0.216 e. The average molecular weight is 216 g/mol. The molecule has 2 N–H and O–H groups in total. The van der Waals surface area contributed by atoms with Crippen LogP contribution < -0.4 is 0 Å². The molecule has 0 aliphatic carbocycles. The van der Waals surface area contributed by atoms with Gasteiger partial charge in [-0.3, -0.25) is 0 Å². The van der Waals surface area contributed by atoms with Crippen LogP contribution >= 0.6 is 0 Å². The molecule has 0 spiro atoms. The van der Waals surface area contributed by atoms with Crippen LogP contribution in [0.15, 0.2) is 18.3 Å². The fraction of sp³-hybridized carbons (Fsp3) is 0.100. The molecule has 80 valence electrons. The molecule has 0 fully saturated rings. The second kappa shape index (κ2) is 2.82. The Morgan fingerprint density at radius 2 is 2.06 bits per heavy atom. The second-order valence-electron chi connectivity index (χ2n) is 3.55. The molecule has 0 radical (unpaired) electrons. The summed E-state index contributed by atoms with van der Waals surface area (Å²) in [5, 5.41) is 23.6. The monoisotopic (exact) mass is 216 g/mol. The highest BCUT2D eigenvalue weighted by atomic mass is 16.3. The van der Waals surface area contributed by atoms with E-state index in [2.05, 4.69) is 15.1 Å². The number of nitrogens with zero attached hydrogens (tertiary/aromatic N) is 4. The summed E-state index contributed by atoms with van der Waals surface area (Å²) in [7, 11) is 0. The minimum absolute atomic E-state index is 0.0648. The molecule has 3 heterocycles. The van der Waals surface area contributed by atoms with Crippen LogP contribution in [0, 0.1) is 6.92 Å².